The summed E-state index contributed by atoms with van der Waals surface area (Å²) in [5, 5.41) is 7.66. The Hall–Kier alpha value is -2.19. The lowest BCUT2D eigenvalue weighted by atomic mass is 10.3. The van der Waals surface area contributed by atoms with E-state index in [9.17, 15) is 0 Å². The molecule has 0 atom stereocenters. The number of hydrogen-bond donors (Lipinski definition) is 2. The summed E-state index contributed by atoms with van der Waals surface area (Å²) >= 11 is 9.38. The van der Waals surface area contributed by atoms with Crippen molar-refractivity contribution in [1.29, 1.82) is 0 Å². The van der Waals surface area contributed by atoms with Crippen LogP contribution in [0, 0.1) is 0 Å². The molecule has 0 bridgehead atoms. The lowest BCUT2D eigenvalue weighted by molar-refractivity contribution is 0.801. The van der Waals surface area contributed by atoms with Crippen molar-refractivity contribution in [1.82, 2.24) is 24.7 Å². The van der Waals surface area contributed by atoms with Gasteiger partial charge in [0.2, 0.25) is 11.9 Å². The molecule has 0 aliphatic heterocycles. The summed E-state index contributed by atoms with van der Waals surface area (Å²) < 4.78 is 2.31. The van der Waals surface area contributed by atoms with Crippen molar-refractivity contribution in [3.05, 3.63) is 46.2 Å². The van der Waals surface area contributed by atoms with Gasteiger partial charge in [0.05, 0.1) is 5.02 Å². The Bertz CT molecular complexity index is 775. The van der Waals surface area contributed by atoms with Gasteiger partial charge in [0.1, 0.15) is 0 Å². The lowest BCUT2D eigenvalue weighted by Gasteiger charge is -2.08. The van der Waals surface area contributed by atoms with Gasteiger partial charge in [-0.05, 0) is 40.2 Å². The summed E-state index contributed by atoms with van der Waals surface area (Å²) in [6.07, 6.45) is 3.34. The van der Waals surface area contributed by atoms with Gasteiger partial charge in [-0.3, -0.25) is 0 Å². The van der Waals surface area contributed by atoms with Crippen LogP contribution in [0.25, 0.3) is 5.95 Å². The molecule has 7 nitrogen and oxygen atoms in total. The minimum absolute atomic E-state index is 0.0983. The van der Waals surface area contributed by atoms with Gasteiger partial charge in [-0.15, -0.1) is 0 Å². The Balaban J connectivity index is 1.93. The SMILES string of the molecule is Nc1nc(Nc2ccc(Br)c(Cl)c2)nc(-n2cccn2)n1. The Labute approximate surface area is 133 Å². The number of nitrogens with zero attached hydrogens (tertiary/aromatic N) is 5. The number of benzene rings is 1. The number of hydrogen-bond acceptors (Lipinski definition) is 6. The highest BCUT2D eigenvalue weighted by molar-refractivity contribution is 9.10. The van der Waals surface area contributed by atoms with Gasteiger partial charge in [-0.2, -0.15) is 20.1 Å². The van der Waals surface area contributed by atoms with E-state index >= 15 is 0 Å². The van der Waals surface area contributed by atoms with Gasteiger partial charge in [0, 0.05) is 22.6 Å². The highest BCUT2D eigenvalue weighted by atomic mass is 79.9. The van der Waals surface area contributed by atoms with Crippen LogP contribution in [0.5, 0.6) is 0 Å². The molecule has 0 spiro atoms. The van der Waals surface area contributed by atoms with Crippen molar-refractivity contribution in [3.8, 4) is 5.95 Å². The molecule has 3 aromatic rings. The van der Waals surface area contributed by atoms with Crippen molar-refractivity contribution in [2.45, 2.75) is 0 Å². The van der Waals surface area contributed by atoms with E-state index in [2.05, 4.69) is 41.3 Å². The molecule has 2 aromatic heterocycles. The van der Waals surface area contributed by atoms with E-state index in [1.165, 1.54) is 4.68 Å². The normalized spacial score (nSPS) is 10.6. The molecule has 2 heterocycles. The number of nitrogens with two attached hydrogens (primary N) is 1. The van der Waals surface area contributed by atoms with Crippen LogP contribution < -0.4 is 11.1 Å². The molecule has 3 rings (SSSR count). The van der Waals surface area contributed by atoms with Crippen LogP contribution >= 0.6 is 27.5 Å². The highest BCUT2D eigenvalue weighted by Crippen LogP contribution is 2.26. The van der Waals surface area contributed by atoms with Crippen molar-refractivity contribution in [3.63, 3.8) is 0 Å². The third-order valence-electron chi connectivity index (χ3n) is 2.53. The summed E-state index contributed by atoms with van der Waals surface area (Å²) in [5.74, 6) is 0.741. The van der Waals surface area contributed by atoms with Crippen LogP contribution in [0.2, 0.25) is 5.02 Å². The summed E-state index contributed by atoms with van der Waals surface area (Å²) in [6, 6.07) is 7.17. The maximum Gasteiger partial charge on any atom is 0.257 e. The second-order valence-corrected chi connectivity index (χ2v) is 5.28. The molecule has 21 heavy (non-hydrogen) atoms. The van der Waals surface area contributed by atoms with Crippen LogP contribution in [-0.4, -0.2) is 24.7 Å². The van der Waals surface area contributed by atoms with Crippen LogP contribution in [-0.2, 0) is 0 Å². The first-order chi connectivity index (χ1) is 10.1. The molecular formula is C12H9BrClN7. The van der Waals surface area contributed by atoms with E-state index in [4.69, 9.17) is 17.3 Å². The molecule has 0 saturated heterocycles. The minimum Gasteiger partial charge on any atom is -0.368 e. The molecule has 9 heteroatoms. The molecule has 0 unspecified atom stereocenters. The number of nitrogens with one attached hydrogen (secondary N) is 1. The fourth-order valence-electron chi connectivity index (χ4n) is 1.63. The number of nitrogen functional groups attached to an aromatic ring is 1. The molecule has 0 amide bonds. The van der Waals surface area contributed by atoms with Crippen molar-refractivity contribution in [2.75, 3.05) is 11.1 Å². The number of halogens is 2. The Morgan fingerprint density at radius 2 is 2.10 bits per heavy atom. The van der Waals surface area contributed by atoms with E-state index in [0.717, 1.165) is 10.2 Å². The summed E-state index contributed by atoms with van der Waals surface area (Å²) in [6.45, 7) is 0. The van der Waals surface area contributed by atoms with Gasteiger partial charge in [-0.25, -0.2) is 4.68 Å². The van der Waals surface area contributed by atoms with Crippen molar-refractivity contribution in [2.24, 2.45) is 0 Å². The second kappa shape index (κ2) is 5.66. The van der Waals surface area contributed by atoms with Crippen LogP contribution in [0.1, 0.15) is 0 Å². The van der Waals surface area contributed by atoms with Crippen molar-refractivity contribution < 1.29 is 0 Å². The van der Waals surface area contributed by atoms with E-state index in [1.54, 1.807) is 24.5 Å². The predicted molar refractivity (Wildman–Crippen MR) is 83.8 cm³/mol. The smallest absolute Gasteiger partial charge is 0.257 e. The molecule has 3 N–H and O–H groups in total. The molecule has 0 fully saturated rings. The van der Waals surface area contributed by atoms with Crippen LogP contribution in [0.4, 0.5) is 17.6 Å². The van der Waals surface area contributed by atoms with E-state index in [0.29, 0.717) is 16.9 Å². The summed E-state index contributed by atoms with van der Waals surface area (Å²) in [4.78, 5) is 12.3. The zero-order valence-corrected chi connectivity index (χ0v) is 12.9. The predicted octanol–water partition coefficient (Wildman–Crippen LogP) is 2.80. The largest absolute Gasteiger partial charge is 0.368 e. The van der Waals surface area contributed by atoms with Gasteiger partial charge < -0.3 is 11.1 Å². The molecule has 106 valence electrons. The number of rotatable bonds is 3. The van der Waals surface area contributed by atoms with E-state index < -0.39 is 0 Å². The molecule has 0 aliphatic rings. The Morgan fingerprint density at radius 3 is 2.81 bits per heavy atom. The first-order valence-corrected chi connectivity index (χ1v) is 7.02. The lowest BCUT2D eigenvalue weighted by Crippen LogP contribution is -2.09. The topological polar surface area (TPSA) is 94.5 Å². The molecule has 0 radical (unpaired) electrons. The van der Waals surface area contributed by atoms with Gasteiger partial charge in [0.15, 0.2) is 0 Å². The Kier molecular flexibility index (Phi) is 3.72. The zero-order valence-electron chi connectivity index (χ0n) is 10.5. The minimum atomic E-state index is 0.0983. The third kappa shape index (κ3) is 3.11. The van der Waals surface area contributed by atoms with E-state index in [-0.39, 0.29) is 5.95 Å². The monoisotopic (exact) mass is 365 g/mol. The third-order valence-corrected chi connectivity index (χ3v) is 3.76. The summed E-state index contributed by atoms with van der Waals surface area (Å²) in [5.41, 5.74) is 6.43. The first-order valence-electron chi connectivity index (χ1n) is 5.85. The molecule has 0 aliphatic carbocycles. The molecular weight excluding hydrogens is 358 g/mol. The van der Waals surface area contributed by atoms with Gasteiger partial charge in [-0.1, -0.05) is 11.6 Å². The standard InChI is InChI=1S/C12H9BrClN7/c13-8-3-2-7(6-9(8)14)17-11-18-10(15)19-12(20-11)21-5-1-4-16-21/h1-6H,(H3,15,17,18,19,20). The molecule has 0 saturated carbocycles. The zero-order chi connectivity index (χ0) is 14.8. The summed E-state index contributed by atoms with van der Waals surface area (Å²) in [7, 11) is 0. The average molecular weight is 367 g/mol. The van der Waals surface area contributed by atoms with E-state index in [1.807, 2.05) is 12.1 Å². The average Bonchev–Trinajstić information content (AvgIpc) is 2.96. The van der Waals surface area contributed by atoms with Crippen LogP contribution in [0.3, 0.4) is 0 Å². The molecule has 1 aromatic carbocycles. The Morgan fingerprint density at radius 1 is 1.24 bits per heavy atom. The fraction of sp³-hybridized carbons (Fsp3) is 0. The van der Waals surface area contributed by atoms with Crippen molar-refractivity contribution >= 4 is 45.1 Å². The van der Waals surface area contributed by atoms with Gasteiger partial charge >= 0.3 is 0 Å². The maximum absolute atomic E-state index is 6.04. The highest BCUT2D eigenvalue weighted by Gasteiger charge is 2.07. The van der Waals surface area contributed by atoms with Gasteiger partial charge in [0.25, 0.3) is 5.95 Å². The fourth-order valence-corrected chi connectivity index (χ4v) is 2.06. The number of anilines is 3. The number of aromatic nitrogens is 5. The second-order valence-electron chi connectivity index (χ2n) is 4.02. The van der Waals surface area contributed by atoms with Crippen LogP contribution in [0.15, 0.2) is 41.1 Å². The maximum atomic E-state index is 6.04. The quantitative estimate of drug-likeness (QED) is 0.740. The first kappa shape index (κ1) is 13.8.